The van der Waals surface area contributed by atoms with Crippen molar-refractivity contribution in [3.05, 3.63) is 71.2 Å². The van der Waals surface area contributed by atoms with Crippen molar-refractivity contribution in [2.75, 3.05) is 5.32 Å². The largest absolute Gasteiger partial charge is 0.323 e. The highest BCUT2D eigenvalue weighted by Crippen LogP contribution is 2.28. The molecule has 0 saturated heterocycles. The fourth-order valence-electron chi connectivity index (χ4n) is 3.95. The first-order valence-electron chi connectivity index (χ1n) is 9.57. The number of aryl methyl sites for hydroxylation is 3. The topological polar surface area (TPSA) is 37.9 Å². The Kier molecular flexibility index (Phi) is 4.56. The highest BCUT2D eigenvalue weighted by molar-refractivity contribution is 5.89. The summed E-state index contributed by atoms with van der Waals surface area (Å²) in [4.78, 5) is 12.6. The number of amides is 1. The smallest absolute Gasteiger partial charge is 0.266 e. The molecule has 3 aromatic rings. The van der Waals surface area contributed by atoms with Crippen molar-refractivity contribution in [2.45, 2.75) is 46.7 Å². The summed E-state index contributed by atoms with van der Waals surface area (Å²) >= 11 is 0. The number of benzene rings is 2. The minimum Gasteiger partial charge on any atom is -0.323 e. The van der Waals surface area contributed by atoms with Crippen LogP contribution in [0.15, 0.2) is 48.7 Å². The van der Waals surface area contributed by atoms with E-state index in [-0.39, 0.29) is 5.91 Å². The SMILES string of the molecule is Cc1ccc(NC(=O)C[n+]2cc(-c3ccc(C)cc3C)n3c2CCC3)cc1. The quantitative estimate of drug-likeness (QED) is 0.703. The number of fused-ring (bicyclic) bond motifs is 1. The first-order valence-corrected chi connectivity index (χ1v) is 9.57. The van der Waals surface area contributed by atoms with Crippen molar-refractivity contribution in [1.29, 1.82) is 0 Å². The van der Waals surface area contributed by atoms with Crippen LogP contribution in [0, 0.1) is 20.8 Å². The number of imidazole rings is 1. The van der Waals surface area contributed by atoms with Crippen molar-refractivity contribution < 1.29 is 9.36 Å². The number of carbonyl (C=O) groups is 1. The maximum Gasteiger partial charge on any atom is 0.266 e. The van der Waals surface area contributed by atoms with Crippen molar-refractivity contribution in [1.82, 2.24) is 4.57 Å². The second-order valence-electron chi connectivity index (χ2n) is 7.55. The molecule has 0 unspecified atom stereocenters. The zero-order valence-corrected chi connectivity index (χ0v) is 16.2. The summed E-state index contributed by atoms with van der Waals surface area (Å²) in [6, 6.07) is 14.5. The van der Waals surface area contributed by atoms with E-state index in [1.54, 1.807) is 0 Å². The summed E-state index contributed by atoms with van der Waals surface area (Å²) in [5.41, 5.74) is 7.04. The Morgan fingerprint density at radius 3 is 2.56 bits per heavy atom. The van der Waals surface area contributed by atoms with Crippen LogP contribution in [-0.2, 0) is 24.3 Å². The summed E-state index contributed by atoms with van der Waals surface area (Å²) < 4.78 is 4.49. The van der Waals surface area contributed by atoms with Gasteiger partial charge in [0.2, 0.25) is 0 Å². The highest BCUT2D eigenvalue weighted by atomic mass is 16.1. The van der Waals surface area contributed by atoms with E-state index in [4.69, 9.17) is 0 Å². The van der Waals surface area contributed by atoms with Crippen molar-refractivity contribution in [3.63, 3.8) is 0 Å². The molecular weight excluding hydrogens is 334 g/mol. The molecule has 1 aliphatic heterocycles. The van der Waals surface area contributed by atoms with Crippen LogP contribution in [0.4, 0.5) is 5.69 Å². The summed E-state index contributed by atoms with van der Waals surface area (Å²) in [6.45, 7) is 7.68. The van der Waals surface area contributed by atoms with E-state index >= 15 is 0 Å². The molecule has 0 radical (unpaired) electrons. The third kappa shape index (κ3) is 3.52. The van der Waals surface area contributed by atoms with E-state index < -0.39 is 0 Å². The van der Waals surface area contributed by atoms with Gasteiger partial charge in [0, 0.05) is 11.3 Å². The standard InChI is InChI=1S/C23H25N3O/c1-16-6-9-19(10-7-16)24-22(27)15-25-14-21(26-12-4-5-23(25)26)20-11-8-17(2)13-18(20)3/h6-11,13-14H,4-5,12,15H2,1-3H3/p+1. The van der Waals surface area contributed by atoms with Gasteiger partial charge in [0.1, 0.15) is 6.20 Å². The Bertz CT molecular complexity index is 999. The molecule has 2 aromatic carbocycles. The van der Waals surface area contributed by atoms with Crippen LogP contribution in [-0.4, -0.2) is 10.5 Å². The molecule has 1 aromatic heterocycles. The summed E-state index contributed by atoms with van der Waals surface area (Å²) in [5.74, 6) is 1.25. The molecule has 1 amide bonds. The summed E-state index contributed by atoms with van der Waals surface area (Å²) in [6.07, 6.45) is 4.29. The molecule has 27 heavy (non-hydrogen) atoms. The third-order valence-electron chi connectivity index (χ3n) is 5.30. The third-order valence-corrected chi connectivity index (χ3v) is 5.30. The van der Waals surface area contributed by atoms with Crippen LogP contribution in [0.3, 0.4) is 0 Å². The lowest BCUT2D eigenvalue weighted by molar-refractivity contribution is -0.690. The predicted molar refractivity (Wildman–Crippen MR) is 108 cm³/mol. The zero-order chi connectivity index (χ0) is 19.0. The van der Waals surface area contributed by atoms with E-state index in [9.17, 15) is 4.79 Å². The zero-order valence-electron chi connectivity index (χ0n) is 16.2. The van der Waals surface area contributed by atoms with Crippen LogP contribution < -0.4 is 9.88 Å². The fraction of sp³-hybridized carbons (Fsp3) is 0.304. The Hall–Kier alpha value is -2.88. The molecule has 0 bridgehead atoms. The molecule has 4 rings (SSSR count). The summed E-state index contributed by atoms with van der Waals surface area (Å²) in [7, 11) is 0. The molecule has 4 nitrogen and oxygen atoms in total. The number of hydrogen-bond acceptors (Lipinski definition) is 1. The maximum atomic E-state index is 12.6. The van der Waals surface area contributed by atoms with Crippen LogP contribution in [0.2, 0.25) is 0 Å². The number of carbonyl (C=O) groups excluding carboxylic acids is 1. The average Bonchev–Trinajstić information content (AvgIpc) is 3.21. The van der Waals surface area contributed by atoms with E-state index in [0.29, 0.717) is 6.54 Å². The van der Waals surface area contributed by atoms with Gasteiger partial charge in [-0.3, -0.25) is 4.79 Å². The number of aromatic nitrogens is 2. The predicted octanol–water partition coefficient (Wildman–Crippen LogP) is 3.95. The van der Waals surface area contributed by atoms with Gasteiger partial charge >= 0.3 is 0 Å². The molecule has 138 valence electrons. The van der Waals surface area contributed by atoms with Gasteiger partial charge in [-0.1, -0.05) is 41.5 Å². The molecule has 0 atom stereocenters. The number of hydrogen-bond donors (Lipinski definition) is 1. The van der Waals surface area contributed by atoms with Gasteiger partial charge in [0.25, 0.3) is 11.7 Å². The van der Waals surface area contributed by atoms with Gasteiger partial charge in [-0.2, -0.15) is 0 Å². The van der Waals surface area contributed by atoms with E-state index in [0.717, 1.165) is 25.1 Å². The van der Waals surface area contributed by atoms with Gasteiger partial charge in [0.05, 0.1) is 13.0 Å². The van der Waals surface area contributed by atoms with Crippen LogP contribution in [0.1, 0.15) is 28.9 Å². The van der Waals surface area contributed by atoms with Crippen molar-refractivity contribution in [2.24, 2.45) is 0 Å². The normalized spacial score (nSPS) is 12.9. The molecule has 0 fully saturated rings. The molecule has 0 aliphatic carbocycles. The number of nitrogens with zero attached hydrogens (tertiary/aromatic N) is 2. The Labute approximate surface area is 160 Å². The van der Waals surface area contributed by atoms with Crippen LogP contribution in [0.5, 0.6) is 0 Å². The van der Waals surface area contributed by atoms with E-state index in [1.807, 2.05) is 31.2 Å². The number of nitrogens with one attached hydrogen (secondary N) is 1. The van der Waals surface area contributed by atoms with Crippen LogP contribution >= 0.6 is 0 Å². The minimum absolute atomic E-state index is 0.0105. The Morgan fingerprint density at radius 1 is 1.07 bits per heavy atom. The second-order valence-corrected chi connectivity index (χ2v) is 7.55. The molecule has 0 spiro atoms. The monoisotopic (exact) mass is 360 g/mol. The van der Waals surface area contributed by atoms with E-state index in [1.165, 1.54) is 33.8 Å². The van der Waals surface area contributed by atoms with Gasteiger partial charge in [-0.25, -0.2) is 9.13 Å². The maximum absolute atomic E-state index is 12.6. The molecule has 4 heteroatoms. The first kappa shape index (κ1) is 17.5. The van der Waals surface area contributed by atoms with Gasteiger partial charge in [-0.05, 0) is 44.9 Å². The van der Waals surface area contributed by atoms with Gasteiger partial charge < -0.3 is 5.32 Å². The molecule has 1 aliphatic rings. The van der Waals surface area contributed by atoms with Gasteiger partial charge in [0.15, 0.2) is 12.2 Å². The second kappa shape index (κ2) is 7.03. The average molecular weight is 360 g/mol. The number of rotatable bonds is 4. The molecule has 1 N–H and O–H groups in total. The van der Waals surface area contributed by atoms with Gasteiger partial charge in [-0.15, -0.1) is 0 Å². The highest BCUT2D eigenvalue weighted by Gasteiger charge is 2.30. The van der Waals surface area contributed by atoms with Crippen LogP contribution in [0.25, 0.3) is 11.3 Å². The Morgan fingerprint density at radius 2 is 1.81 bits per heavy atom. The lowest BCUT2D eigenvalue weighted by Gasteiger charge is -2.04. The first-order chi connectivity index (χ1) is 13.0. The molecular formula is C23H26N3O+. The summed E-state index contributed by atoms with van der Waals surface area (Å²) in [5, 5.41) is 3.01. The van der Waals surface area contributed by atoms with E-state index in [2.05, 4.69) is 52.7 Å². The van der Waals surface area contributed by atoms with Crippen molar-refractivity contribution in [3.8, 4) is 11.3 Å². The van der Waals surface area contributed by atoms with Crippen molar-refractivity contribution >= 4 is 11.6 Å². The lowest BCUT2D eigenvalue weighted by Crippen LogP contribution is -2.42. The minimum atomic E-state index is 0.0105. The fourth-order valence-corrected chi connectivity index (χ4v) is 3.95. The number of anilines is 1. The molecule has 0 saturated carbocycles. The molecule has 2 heterocycles. The lowest BCUT2D eigenvalue weighted by atomic mass is 10.0. The Balaban J connectivity index is 1.60.